The highest BCUT2D eigenvalue weighted by molar-refractivity contribution is 6.07. The normalized spacial score (nSPS) is 56.0. The Kier molecular flexibility index (Phi) is 3.03. The van der Waals surface area contributed by atoms with Crippen LogP contribution < -0.4 is 0 Å². The molecular formula is C20H28O5. The number of ether oxygens (including phenoxy) is 2. The molecule has 5 heteroatoms. The lowest BCUT2D eigenvalue weighted by molar-refractivity contribution is -0.267. The summed E-state index contributed by atoms with van der Waals surface area (Å²) < 4.78 is 11.8. The fraction of sp³-hybridized carbons (Fsp3) is 0.900. The zero-order chi connectivity index (χ0) is 17.8. The lowest BCUT2D eigenvalue weighted by Crippen LogP contribution is -2.69. The maximum absolute atomic E-state index is 13.3. The Morgan fingerprint density at radius 1 is 1.12 bits per heavy atom. The Bertz CT molecular complexity index is 656. The molecule has 1 N–H and O–H groups in total. The van der Waals surface area contributed by atoms with Crippen molar-refractivity contribution in [1.82, 2.24) is 0 Å². The highest BCUT2D eigenvalue weighted by atomic mass is 16.6. The number of aliphatic hydroxyl groups excluding tert-OH is 1. The van der Waals surface area contributed by atoms with E-state index in [0.29, 0.717) is 13.0 Å². The molecule has 138 valence electrons. The van der Waals surface area contributed by atoms with Gasteiger partial charge in [-0.15, -0.1) is 0 Å². The number of hydrogen-bond donors (Lipinski definition) is 1. The van der Waals surface area contributed by atoms with Crippen LogP contribution in [0.2, 0.25) is 0 Å². The number of fused-ring (bicyclic) bond motifs is 1. The van der Waals surface area contributed by atoms with E-state index in [2.05, 4.69) is 13.8 Å². The molecule has 0 aromatic heterocycles. The van der Waals surface area contributed by atoms with Crippen LogP contribution in [-0.4, -0.2) is 35.9 Å². The third kappa shape index (κ3) is 1.60. The predicted octanol–water partition coefficient (Wildman–Crippen LogP) is 2.30. The van der Waals surface area contributed by atoms with E-state index in [0.717, 1.165) is 25.7 Å². The smallest absolute Gasteiger partial charge is 0.320 e. The minimum absolute atomic E-state index is 0.00301. The molecule has 2 bridgehead atoms. The van der Waals surface area contributed by atoms with Crippen LogP contribution in [0.5, 0.6) is 0 Å². The van der Waals surface area contributed by atoms with E-state index < -0.39 is 17.1 Å². The number of carbonyl (C=O) groups is 2. The molecule has 2 aliphatic heterocycles. The van der Waals surface area contributed by atoms with E-state index in [1.807, 2.05) is 6.92 Å². The first-order valence-electron chi connectivity index (χ1n) is 9.81. The van der Waals surface area contributed by atoms with Crippen LogP contribution in [0.4, 0.5) is 0 Å². The fourth-order valence-electron chi connectivity index (χ4n) is 7.50. The third-order valence-corrected chi connectivity index (χ3v) is 8.79. The van der Waals surface area contributed by atoms with Crippen LogP contribution in [0.25, 0.3) is 0 Å². The molecule has 2 heterocycles. The largest absolute Gasteiger partial charge is 0.461 e. The summed E-state index contributed by atoms with van der Waals surface area (Å²) in [6.07, 6.45) is 2.80. The lowest BCUT2D eigenvalue weighted by atomic mass is 9.44. The highest BCUT2D eigenvalue weighted by Gasteiger charge is 2.78. The van der Waals surface area contributed by atoms with Gasteiger partial charge in [0.2, 0.25) is 0 Å². The number of aliphatic hydroxyl groups is 1. The van der Waals surface area contributed by atoms with Crippen molar-refractivity contribution in [2.75, 3.05) is 6.61 Å². The van der Waals surface area contributed by atoms with Gasteiger partial charge in [0.1, 0.15) is 11.5 Å². The summed E-state index contributed by atoms with van der Waals surface area (Å²) in [4.78, 5) is 26.4. The van der Waals surface area contributed by atoms with Crippen LogP contribution in [-0.2, 0) is 19.1 Å². The maximum atomic E-state index is 13.3. The first kappa shape index (κ1) is 16.2. The van der Waals surface area contributed by atoms with Crippen LogP contribution in [0.1, 0.15) is 52.9 Å². The Morgan fingerprint density at radius 3 is 2.64 bits per heavy atom. The first-order chi connectivity index (χ1) is 11.8. The van der Waals surface area contributed by atoms with E-state index in [-0.39, 0.29) is 46.9 Å². The second-order valence-electron chi connectivity index (χ2n) is 9.88. The Labute approximate surface area is 148 Å². The molecule has 0 aromatic carbocycles. The predicted molar refractivity (Wildman–Crippen MR) is 88.2 cm³/mol. The third-order valence-electron chi connectivity index (χ3n) is 8.79. The van der Waals surface area contributed by atoms with Crippen LogP contribution in [0.15, 0.2) is 0 Å². The summed E-state index contributed by atoms with van der Waals surface area (Å²) in [5.41, 5.74) is -1.66. The van der Waals surface area contributed by atoms with Gasteiger partial charge in [-0.05, 0) is 49.4 Å². The molecule has 5 aliphatic rings. The molecule has 3 saturated carbocycles. The second-order valence-corrected chi connectivity index (χ2v) is 9.88. The van der Waals surface area contributed by atoms with Gasteiger partial charge in [0.15, 0.2) is 12.1 Å². The quantitative estimate of drug-likeness (QED) is 0.537. The van der Waals surface area contributed by atoms with Crippen molar-refractivity contribution in [3.05, 3.63) is 0 Å². The number of esters is 1. The van der Waals surface area contributed by atoms with Gasteiger partial charge in [0.25, 0.3) is 0 Å². The van der Waals surface area contributed by atoms with E-state index in [9.17, 15) is 14.7 Å². The SMILES string of the molecule is C[C@H]1C(=O)[C@]23C[C@@H]1CC[C@H]2C12[C@H](O)OC[C@@H]1C(C)(C)CC[C@@H]2OC3=O. The molecule has 1 unspecified atom stereocenters. The molecule has 5 nitrogen and oxygen atoms in total. The first-order valence-corrected chi connectivity index (χ1v) is 9.81. The van der Waals surface area contributed by atoms with Crippen LogP contribution in [0, 0.1) is 39.9 Å². The van der Waals surface area contributed by atoms with Crippen molar-refractivity contribution in [2.24, 2.45) is 39.9 Å². The minimum Gasteiger partial charge on any atom is -0.461 e. The zero-order valence-electron chi connectivity index (χ0n) is 15.3. The molecule has 0 radical (unpaired) electrons. The monoisotopic (exact) mass is 348 g/mol. The van der Waals surface area contributed by atoms with Crippen molar-refractivity contribution in [3.8, 4) is 0 Å². The maximum Gasteiger partial charge on any atom is 0.320 e. The average Bonchev–Trinajstić information content (AvgIpc) is 3.01. The van der Waals surface area contributed by atoms with Gasteiger partial charge < -0.3 is 14.6 Å². The average molecular weight is 348 g/mol. The number of ketones is 1. The van der Waals surface area contributed by atoms with Gasteiger partial charge in [-0.3, -0.25) is 9.59 Å². The Balaban J connectivity index is 1.72. The molecule has 5 rings (SSSR count). The molecule has 3 aliphatic carbocycles. The summed E-state index contributed by atoms with van der Waals surface area (Å²) >= 11 is 0. The Morgan fingerprint density at radius 2 is 1.88 bits per heavy atom. The molecule has 25 heavy (non-hydrogen) atoms. The number of Topliss-reactive ketones (excluding diaryl/α,β-unsaturated/α-hetero) is 1. The van der Waals surface area contributed by atoms with E-state index in [4.69, 9.17) is 9.47 Å². The number of carbonyl (C=O) groups excluding carboxylic acids is 2. The summed E-state index contributed by atoms with van der Waals surface area (Å²) in [7, 11) is 0. The molecule has 5 fully saturated rings. The lowest BCUT2D eigenvalue weighted by Gasteiger charge is -2.62. The van der Waals surface area contributed by atoms with E-state index in [1.165, 1.54) is 0 Å². The molecule has 2 spiro atoms. The van der Waals surface area contributed by atoms with Crippen molar-refractivity contribution in [3.63, 3.8) is 0 Å². The Hall–Kier alpha value is -0.940. The van der Waals surface area contributed by atoms with Crippen LogP contribution >= 0.6 is 0 Å². The molecular weight excluding hydrogens is 320 g/mol. The van der Waals surface area contributed by atoms with Crippen LogP contribution in [0.3, 0.4) is 0 Å². The van der Waals surface area contributed by atoms with Crippen molar-refractivity contribution in [2.45, 2.75) is 65.3 Å². The van der Waals surface area contributed by atoms with E-state index in [1.54, 1.807) is 0 Å². The standard InChI is InChI=1S/C20H28O5/c1-10-11-4-5-12-19(8-11,15(10)21)16(22)25-14-6-7-18(2,3)13-9-24-17(23)20(12,13)14/h10-14,17,23H,4-9H2,1-3H3/t10-,11+,12-,13-,14+,17-,19+,20?/m1/s1. The zero-order valence-corrected chi connectivity index (χ0v) is 15.3. The van der Waals surface area contributed by atoms with Gasteiger partial charge in [-0.2, -0.15) is 0 Å². The van der Waals surface area contributed by atoms with Gasteiger partial charge >= 0.3 is 5.97 Å². The molecule has 0 amide bonds. The van der Waals surface area contributed by atoms with Crippen molar-refractivity contribution >= 4 is 11.8 Å². The number of rotatable bonds is 0. The fourth-order valence-corrected chi connectivity index (χ4v) is 7.50. The summed E-state index contributed by atoms with van der Waals surface area (Å²) in [6, 6.07) is 0. The van der Waals surface area contributed by atoms with Crippen molar-refractivity contribution < 1.29 is 24.2 Å². The van der Waals surface area contributed by atoms with Gasteiger partial charge in [0.05, 0.1) is 12.0 Å². The van der Waals surface area contributed by atoms with E-state index >= 15 is 0 Å². The molecule has 8 atom stereocenters. The van der Waals surface area contributed by atoms with Gasteiger partial charge in [-0.25, -0.2) is 0 Å². The topological polar surface area (TPSA) is 72.8 Å². The molecule has 0 aromatic rings. The van der Waals surface area contributed by atoms with Crippen molar-refractivity contribution in [1.29, 1.82) is 0 Å². The summed E-state index contributed by atoms with van der Waals surface area (Å²) in [5, 5.41) is 11.0. The summed E-state index contributed by atoms with van der Waals surface area (Å²) in [6.45, 7) is 6.91. The number of hydrogen-bond acceptors (Lipinski definition) is 5. The summed E-state index contributed by atoms with van der Waals surface area (Å²) in [5.74, 6) is -0.103. The van der Waals surface area contributed by atoms with Gasteiger partial charge in [-0.1, -0.05) is 20.8 Å². The van der Waals surface area contributed by atoms with Gasteiger partial charge in [0, 0.05) is 11.8 Å². The minimum atomic E-state index is -1.04. The molecule has 2 saturated heterocycles. The second kappa shape index (κ2) is 4.66. The highest BCUT2D eigenvalue weighted by Crippen LogP contribution is 2.71.